The Balaban J connectivity index is 2.38. The molecule has 0 saturated heterocycles. The fourth-order valence-corrected chi connectivity index (χ4v) is 1.83. The Labute approximate surface area is 77.2 Å². The van der Waals surface area contributed by atoms with Crippen LogP contribution in [0.15, 0.2) is 18.2 Å². The highest BCUT2D eigenvalue weighted by Crippen LogP contribution is 2.21. The molecule has 0 aliphatic heterocycles. The van der Waals surface area contributed by atoms with E-state index in [1.165, 1.54) is 5.56 Å². The minimum absolute atomic E-state index is 0.227. The van der Waals surface area contributed by atoms with Crippen LogP contribution in [0, 0.1) is 0 Å². The summed E-state index contributed by atoms with van der Waals surface area (Å²) in [6.45, 7) is 0. The van der Waals surface area contributed by atoms with E-state index in [4.69, 9.17) is 0 Å². The van der Waals surface area contributed by atoms with Crippen LogP contribution < -0.4 is 0 Å². The van der Waals surface area contributed by atoms with Crippen LogP contribution in [0.1, 0.15) is 27.9 Å². The summed E-state index contributed by atoms with van der Waals surface area (Å²) in [4.78, 5) is 10.5. The smallest absolute Gasteiger partial charge is 0.150 e. The lowest BCUT2D eigenvalue weighted by atomic mass is 9.89. The highest BCUT2D eigenvalue weighted by atomic mass is 16.3. The molecule has 13 heavy (non-hydrogen) atoms. The highest BCUT2D eigenvalue weighted by molar-refractivity contribution is 5.75. The van der Waals surface area contributed by atoms with Crippen molar-refractivity contribution < 1.29 is 9.90 Å². The zero-order valence-electron chi connectivity index (χ0n) is 7.36. The minimum Gasteiger partial charge on any atom is -0.393 e. The summed E-state index contributed by atoms with van der Waals surface area (Å²) < 4.78 is 0. The average Bonchev–Trinajstić information content (AvgIpc) is 2.16. The van der Waals surface area contributed by atoms with Gasteiger partial charge in [-0.1, -0.05) is 12.1 Å². The number of fused-ring (bicyclic) bond motifs is 1. The Morgan fingerprint density at radius 1 is 1.38 bits per heavy atom. The van der Waals surface area contributed by atoms with Crippen LogP contribution >= 0.6 is 0 Å². The van der Waals surface area contributed by atoms with Gasteiger partial charge in [0.2, 0.25) is 0 Å². The Kier molecular flexibility index (Phi) is 2.15. The van der Waals surface area contributed by atoms with Crippen molar-refractivity contribution in [2.75, 3.05) is 0 Å². The molecule has 0 radical (unpaired) electrons. The molecule has 2 nitrogen and oxygen atoms in total. The number of aldehydes is 1. The van der Waals surface area contributed by atoms with Crippen LogP contribution in [0.5, 0.6) is 0 Å². The molecule has 2 heteroatoms. The third kappa shape index (κ3) is 1.63. The molecule has 1 aromatic carbocycles. The van der Waals surface area contributed by atoms with E-state index in [2.05, 4.69) is 0 Å². The highest BCUT2D eigenvalue weighted by Gasteiger charge is 2.15. The number of aryl methyl sites for hydroxylation is 1. The van der Waals surface area contributed by atoms with Crippen molar-refractivity contribution >= 4 is 6.29 Å². The summed E-state index contributed by atoms with van der Waals surface area (Å²) >= 11 is 0. The predicted molar refractivity (Wildman–Crippen MR) is 49.9 cm³/mol. The molecule has 0 amide bonds. The van der Waals surface area contributed by atoms with Crippen LogP contribution in [0.25, 0.3) is 0 Å². The molecule has 0 spiro atoms. The van der Waals surface area contributed by atoms with Crippen molar-refractivity contribution in [2.45, 2.75) is 25.4 Å². The summed E-state index contributed by atoms with van der Waals surface area (Å²) in [5.74, 6) is 0. The third-order valence-corrected chi connectivity index (χ3v) is 2.57. The zero-order chi connectivity index (χ0) is 9.26. The molecule has 0 aromatic heterocycles. The van der Waals surface area contributed by atoms with Gasteiger partial charge in [-0.3, -0.25) is 4.79 Å². The molecular formula is C11H12O2. The predicted octanol–water partition coefficient (Wildman–Crippen LogP) is 1.35. The van der Waals surface area contributed by atoms with E-state index in [-0.39, 0.29) is 6.10 Å². The van der Waals surface area contributed by atoms with Crippen LogP contribution in [0.3, 0.4) is 0 Å². The second-order valence-corrected chi connectivity index (χ2v) is 3.54. The first-order chi connectivity index (χ1) is 6.29. The van der Waals surface area contributed by atoms with Crippen LogP contribution in [-0.2, 0) is 12.8 Å². The monoisotopic (exact) mass is 176 g/mol. The van der Waals surface area contributed by atoms with E-state index < -0.39 is 0 Å². The normalized spacial score (nSPS) is 20.8. The Morgan fingerprint density at radius 3 is 3.00 bits per heavy atom. The second kappa shape index (κ2) is 3.30. The summed E-state index contributed by atoms with van der Waals surface area (Å²) in [5, 5.41) is 9.43. The first-order valence-corrected chi connectivity index (χ1v) is 4.54. The number of rotatable bonds is 1. The van der Waals surface area contributed by atoms with Crippen LogP contribution in [0.2, 0.25) is 0 Å². The molecule has 0 fully saturated rings. The molecular weight excluding hydrogens is 164 g/mol. The molecule has 0 bridgehead atoms. The van der Waals surface area contributed by atoms with Crippen molar-refractivity contribution in [2.24, 2.45) is 0 Å². The van der Waals surface area contributed by atoms with Gasteiger partial charge < -0.3 is 5.11 Å². The van der Waals surface area contributed by atoms with Gasteiger partial charge in [0.05, 0.1) is 6.10 Å². The van der Waals surface area contributed by atoms with E-state index >= 15 is 0 Å². The van der Waals surface area contributed by atoms with Crippen molar-refractivity contribution in [3.8, 4) is 0 Å². The number of hydrogen-bond donors (Lipinski definition) is 1. The average molecular weight is 176 g/mol. The van der Waals surface area contributed by atoms with Gasteiger partial charge in [0.1, 0.15) is 6.29 Å². The summed E-state index contributed by atoms with van der Waals surface area (Å²) in [6, 6.07) is 5.71. The van der Waals surface area contributed by atoms with Crippen molar-refractivity contribution in [1.29, 1.82) is 0 Å². The maximum Gasteiger partial charge on any atom is 0.150 e. The fourth-order valence-electron chi connectivity index (χ4n) is 1.83. The minimum atomic E-state index is -0.227. The molecule has 1 unspecified atom stereocenters. The van der Waals surface area contributed by atoms with Crippen molar-refractivity contribution in [3.63, 3.8) is 0 Å². The molecule has 1 N–H and O–H groups in total. The molecule has 1 aliphatic rings. The van der Waals surface area contributed by atoms with Gasteiger partial charge in [-0.15, -0.1) is 0 Å². The fraction of sp³-hybridized carbons (Fsp3) is 0.364. The Morgan fingerprint density at radius 2 is 2.23 bits per heavy atom. The van der Waals surface area contributed by atoms with Gasteiger partial charge in [-0.05, 0) is 36.5 Å². The Bertz CT molecular complexity index is 331. The summed E-state index contributed by atoms with van der Waals surface area (Å²) in [5.41, 5.74) is 3.10. The van der Waals surface area contributed by atoms with Crippen LogP contribution in [0.4, 0.5) is 0 Å². The lowest BCUT2D eigenvalue weighted by Crippen LogP contribution is -2.18. The first kappa shape index (κ1) is 8.45. The number of hydrogen-bond acceptors (Lipinski definition) is 2. The first-order valence-electron chi connectivity index (χ1n) is 4.54. The maximum atomic E-state index is 10.5. The lowest BCUT2D eigenvalue weighted by Gasteiger charge is -2.20. The van der Waals surface area contributed by atoms with Gasteiger partial charge >= 0.3 is 0 Å². The van der Waals surface area contributed by atoms with Gasteiger partial charge in [-0.25, -0.2) is 0 Å². The lowest BCUT2D eigenvalue weighted by molar-refractivity contribution is 0.112. The number of aliphatic hydroxyl groups is 1. The quantitative estimate of drug-likeness (QED) is 0.656. The topological polar surface area (TPSA) is 37.3 Å². The van der Waals surface area contributed by atoms with Crippen molar-refractivity contribution in [1.82, 2.24) is 0 Å². The SMILES string of the molecule is O=Cc1ccc2c(c1)CC(O)CC2. The molecule has 2 rings (SSSR count). The number of benzene rings is 1. The van der Waals surface area contributed by atoms with E-state index in [9.17, 15) is 9.90 Å². The van der Waals surface area contributed by atoms with E-state index in [0.717, 1.165) is 24.7 Å². The number of carbonyl (C=O) groups is 1. The Hall–Kier alpha value is -1.15. The zero-order valence-corrected chi connectivity index (χ0v) is 7.36. The van der Waals surface area contributed by atoms with Crippen molar-refractivity contribution in [3.05, 3.63) is 34.9 Å². The van der Waals surface area contributed by atoms with E-state index in [0.29, 0.717) is 12.0 Å². The van der Waals surface area contributed by atoms with Gasteiger partial charge in [-0.2, -0.15) is 0 Å². The molecule has 1 aliphatic carbocycles. The van der Waals surface area contributed by atoms with E-state index in [1.54, 1.807) is 0 Å². The maximum absolute atomic E-state index is 10.5. The van der Waals surface area contributed by atoms with Crippen LogP contribution in [-0.4, -0.2) is 17.5 Å². The molecule has 1 aromatic rings. The van der Waals surface area contributed by atoms with Gasteiger partial charge in [0.15, 0.2) is 0 Å². The number of aliphatic hydroxyl groups excluding tert-OH is 1. The standard InChI is InChI=1S/C11H12O2/c12-7-8-1-2-9-3-4-11(13)6-10(9)5-8/h1-2,5,7,11,13H,3-4,6H2. The number of carbonyl (C=O) groups excluding carboxylic acids is 1. The summed E-state index contributed by atoms with van der Waals surface area (Å²) in [6.07, 6.45) is 3.08. The molecule has 0 heterocycles. The third-order valence-electron chi connectivity index (χ3n) is 2.57. The second-order valence-electron chi connectivity index (χ2n) is 3.54. The largest absolute Gasteiger partial charge is 0.393 e. The summed E-state index contributed by atoms with van der Waals surface area (Å²) in [7, 11) is 0. The van der Waals surface area contributed by atoms with E-state index in [1.807, 2.05) is 18.2 Å². The molecule has 68 valence electrons. The van der Waals surface area contributed by atoms with Gasteiger partial charge in [0.25, 0.3) is 0 Å². The molecule has 1 atom stereocenters. The van der Waals surface area contributed by atoms with Gasteiger partial charge in [0, 0.05) is 5.56 Å². The molecule has 0 saturated carbocycles.